The Morgan fingerprint density at radius 1 is 0.783 bits per heavy atom. The van der Waals surface area contributed by atoms with Crippen LogP contribution in [-0.2, 0) is 0 Å². The first-order valence-electron chi connectivity index (χ1n) is 8.62. The molecule has 2 heteroatoms. The van der Waals surface area contributed by atoms with E-state index in [2.05, 4.69) is 106 Å². The van der Waals surface area contributed by atoms with Crippen LogP contribution in [0.3, 0.4) is 0 Å². The molecule has 1 unspecified atom stereocenters. The Labute approximate surface area is 144 Å². The van der Waals surface area contributed by atoms with Crippen LogP contribution in [0, 0.1) is 5.92 Å². The van der Waals surface area contributed by atoms with Crippen LogP contribution in [0.2, 0.25) is 32.2 Å². The molecule has 0 radical (unpaired) electrons. The van der Waals surface area contributed by atoms with Crippen LogP contribution in [0.15, 0.2) is 72.4 Å². The highest BCUT2D eigenvalue weighted by molar-refractivity contribution is 6.94. The van der Waals surface area contributed by atoms with Gasteiger partial charge in [0.15, 0.2) is 0 Å². The maximum atomic E-state index is 2.53. The van der Waals surface area contributed by atoms with E-state index in [4.69, 9.17) is 0 Å². The third-order valence-electron chi connectivity index (χ3n) is 4.75. The molecule has 2 aromatic carbocycles. The number of rotatable bonds is 6. The molecule has 0 aliphatic rings. The zero-order valence-corrected chi connectivity index (χ0v) is 17.2. The highest BCUT2D eigenvalue weighted by Gasteiger charge is 2.25. The minimum Gasteiger partial charge on any atom is -0.0940 e. The first-order valence-corrected chi connectivity index (χ1v) is 14.9. The molecule has 1 atom stereocenters. The van der Waals surface area contributed by atoms with Crippen LogP contribution in [0.1, 0.15) is 6.92 Å². The van der Waals surface area contributed by atoms with Crippen molar-refractivity contribution in [3.8, 4) is 0 Å². The van der Waals surface area contributed by atoms with E-state index >= 15 is 0 Å². The van der Waals surface area contributed by atoms with Gasteiger partial charge in [0.05, 0.1) is 8.07 Å². The van der Waals surface area contributed by atoms with Crippen LogP contribution in [0.5, 0.6) is 0 Å². The van der Waals surface area contributed by atoms with Crippen LogP contribution in [0.4, 0.5) is 0 Å². The van der Waals surface area contributed by atoms with Gasteiger partial charge in [-0.25, -0.2) is 0 Å². The predicted molar refractivity (Wildman–Crippen MR) is 110 cm³/mol. The molecule has 2 rings (SSSR count). The molecule has 122 valence electrons. The fourth-order valence-corrected chi connectivity index (χ4v) is 8.38. The summed E-state index contributed by atoms with van der Waals surface area (Å²) < 4.78 is 0. The van der Waals surface area contributed by atoms with Gasteiger partial charge < -0.3 is 0 Å². The van der Waals surface area contributed by atoms with Crippen molar-refractivity contribution in [2.45, 2.75) is 39.2 Å². The molecule has 0 saturated heterocycles. The van der Waals surface area contributed by atoms with Crippen LogP contribution in [0.25, 0.3) is 0 Å². The summed E-state index contributed by atoms with van der Waals surface area (Å²) in [5, 5.41) is 3.09. The summed E-state index contributed by atoms with van der Waals surface area (Å²) in [7, 11) is -2.82. The zero-order chi connectivity index (χ0) is 16.9. The van der Waals surface area contributed by atoms with E-state index in [9.17, 15) is 0 Å². The van der Waals surface area contributed by atoms with E-state index in [0.29, 0.717) is 5.92 Å². The van der Waals surface area contributed by atoms with Crippen molar-refractivity contribution in [1.82, 2.24) is 0 Å². The Hall–Kier alpha value is -1.39. The van der Waals surface area contributed by atoms with Crippen molar-refractivity contribution in [2.24, 2.45) is 5.92 Å². The standard InChI is InChI=1S/C21H30Si2/c1-19(18-23(4,5)21-14-10-7-11-15-21)16-17-22(2,3)20-12-8-6-9-13-20/h6-17,19H,18H2,1-5H3/b17-16+. The molecule has 0 aliphatic carbocycles. The van der Waals surface area contributed by atoms with E-state index in [0.717, 1.165) is 0 Å². The Kier molecular flexibility index (Phi) is 5.82. The molecular formula is C21H30Si2. The highest BCUT2D eigenvalue weighted by atomic mass is 28.3. The van der Waals surface area contributed by atoms with Gasteiger partial charge in [0, 0.05) is 0 Å². The number of hydrogen-bond acceptors (Lipinski definition) is 0. The average molecular weight is 339 g/mol. The minimum absolute atomic E-state index is 0.646. The summed E-state index contributed by atoms with van der Waals surface area (Å²) >= 11 is 0. The molecule has 23 heavy (non-hydrogen) atoms. The Bertz CT molecular complexity index is 627. The predicted octanol–water partition coefficient (Wildman–Crippen LogP) is 4.95. The van der Waals surface area contributed by atoms with Gasteiger partial charge in [-0.1, -0.05) is 116 Å². The maximum Gasteiger partial charge on any atom is 0.103 e. The van der Waals surface area contributed by atoms with Gasteiger partial charge in [0.25, 0.3) is 0 Å². The number of hydrogen-bond donors (Lipinski definition) is 0. The van der Waals surface area contributed by atoms with Gasteiger partial charge >= 0.3 is 0 Å². The summed E-state index contributed by atoms with van der Waals surface area (Å²) in [5.74, 6) is 0.646. The van der Waals surface area contributed by atoms with Crippen LogP contribution in [-0.4, -0.2) is 16.1 Å². The first-order chi connectivity index (χ1) is 10.8. The van der Waals surface area contributed by atoms with Gasteiger partial charge in [-0.2, -0.15) is 0 Å². The quantitative estimate of drug-likeness (QED) is 0.654. The molecule has 0 N–H and O–H groups in total. The SMILES string of the molecule is CC(/C=C/[Si](C)(C)c1ccccc1)C[Si](C)(C)c1ccccc1. The molecule has 0 saturated carbocycles. The van der Waals surface area contributed by atoms with E-state index in [1.807, 2.05) is 0 Å². The monoisotopic (exact) mass is 338 g/mol. The molecule has 0 bridgehead atoms. The molecule has 0 amide bonds. The molecular weight excluding hydrogens is 308 g/mol. The smallest absolute Gasteiger partial charge is 0.0940 e. The zero-order valence-electron chi connectivity index (χ0n) is 15.2. The van der Waals surface area contributed by atoms with Crippen LogP contribution < -0.4 is 10.4 Å². The third kappa shape index (κ3) is 5.05. The lowest BCUT2D eigenvalue weighted by molar-refractivity contribution is 0.814. The average Bonchev–Trinajstić information content (AvgIpc) is 2.54. The van der Waals surface area contributed by atoms with E-state index < -0.39 is 16.1 Å². The molecule has 0 spiro atoms. The van der Waals surface area contributed by atoms with Crippen molar-refractivity contribution in [2.75, 3.05) is 0 Å². The lowest BCUT2D eigenvalue weighted by Gasteiger charge is -2.26. The molecule has 0 aliphatic heterocycles. The third-order valence-corrected chi connectivity index (χ3v) is 11.2. The number of benzene rings is 2. The Balaban J connectivity index is 2.05. The lowest BCUT2D eigenvalue weighted by atomic mass is 10.2. The van der Waals surface area contributed by atoms with Crippen molar-refractivity contribution < 1.29 is 0 Å². The number of allylic oxidation sites excluding steroid dienone is 1. The van der Waals surface area contributed by atoms with Crippen molar-refractivity contribution in [3.05, 3.63) is 72.4 Å². The van der Waals surface area contributed by atoms with Crippen molar-refractivity contribution >= 4 is 26.5 Å². The van der Waals surface area contributed by atoms with Crippen molar-refractivity contribution in [3.63, 3.8) is 0 Å². The van der Waals surface area contributed by atoms with E-state index in [-0.39, 0.29) is 0 Å². The Morgan fingerprint density at radius 2 is 1.26 bits per heavy atom. The largest absolute Gasteiger partial charge is 0.103 e. The minimum atomic E-state index is -1.46. The maximum absolute atomic E-state index is 2.53. The second kappa shape index (κ2) is 7.46. The summed E-state index contributed by atoms with van der Waals surface area (Å²) in [4.78, 5) is 0. The second-order valence-corrected chi connectivity index (χ2v) is 17.0. The summed E-state index contributed by atoms with van der Waals surface area (Å²) in [5.41, 5.74) is 2.53. The molecule has 0 heterocycles. The van der Waals surface area contributed by atoms with Crippen molar-refractivity contribution in [1.29, 1.82) is 0 Å². The summed E-state index contributed by atoms with van der Waals surface area (Å²) in [6.07, 6.45) is 2.48. The highest BCUT2D eigenvalue weighted by Crippen LogP contribution is 2.19. The molecule has 0 fully saturated rings. The normalized spacial score (nSPS) is 14.1. The lowest BCUT2D eigenvalue weighted by Crippen LogP contribution is -2.42. The fraction of sp³-hybridized carbons (Fsp3) is 0.333. The van der Waals surface area contributed by atoms with Gasteiger partial charge in [-0.3, -0.25) is 0 Å². The molecule has 0 aromatic heterocycles. The topological polar surface area (TPSA) is 0 Å². The van der Waals surface area contributed by atoms with Gasteiger partial charge in [0.1, 0.15) is 8.07 Å². The van der Waals surface area contributed by atoms with E-state index in [1.165, 1.54) is 11.2 Å². The van der Waals surface area contributed by atoms with Crippen LogP contribution >= 0.6 is 0 Å². The Morgan fingerprint density at radius 3 is 1.78 bits per heavy atom. The van der Waals surface area contributed by atoms with Gasteiger partial charge in [-0.15, -0.1) is 0 Å². The van der Waals surface area contributed by atoms with E-state index in [1.54, 1.807) is 5.19 Å². The summed E-state index contributed by atoms with van der Waals surface area (Å²) in [6, 6.07) is 23.4. The van der Waals surface area contributed by atoms with Gasteiger partial charge in [-0.05, 0) is 12.0 Å². The second-order valence-electron chi connectivity index (χ2n) is 7.88. The van der Waals surface area contributed by atoms with Gasteiger partial charge in [0.2, 0.25) is 0 Å². The fourth-order valence-electron chi connectivity index (χ4n) is 3.25. The molecule has 0 nitrogen and oxygen atoms in total. The molecule has 2 aromatic rings. The first kappa shape index (κ1) is 18.0. The summed E-state index contributed by atoms with van der Waals surface area (Å²) in [6.45, 7) is 12.2.